The first kappa shape index (κ1) is 19.6. The van der Waals surface area contributed by atoms with E-state index in [2.05, 4.69) is 11.0 Å². The number of nitrogens with zero attached hydrogens (tertiary/aromatic N) is 1. The minimum absolute atomic E-state index is 0.391. The fourth-order valence-electron chi connectivity index (χ4n) is 5.17. The zero-order valence-electron chi connectivity index (χ0n) is 16.5. The Morgan fingerprint density at radius 3 is 2.34 bits per heavy atom. The van der Waals surface area contributed by atoms with E-state index >= 15 is 0 Å². The van der Waals surface area contributed by atoms with Gasteiger partial charge in [-0.05, 0) is 61.3 Å². The minimum Gasteiger partial charge on any atom is -0.481 e. The standard InChI is InChI=1S/C24H28N2O3/c25-23(27)18-8-4-7-17(12-18)19-13-21-9-10-22(14-19)26(21)15-20(24(28)29)11-16-5-2-1-3-6-16/h1-8,12,19-22H,9-11,13-15H2,(H2,25,27)(H,28,29). The third-order valence-electron chi connectivity index (χ3n) is 6.63. The summed E-state index contributed by atoms with van der Waals surface area (Å²) in [6.07, 6.45) is 4.83. The number of amides is 1. The van der Waals surface area contributed by atoms with Crippen LogP contribution >= 0.6 is 0 Å². The normalized spacial score (nSPS) is 24.9. The average molecular weight is 392 g/mol. The van der Waals surface area contributed by atoms with E-state index in [0.29, 0.717) is 36.5 Å². The van der Waals surface area contributed by atoms with E-state index < -0.39 is 17.8 Å². The van der Waals surface area contributed by atoms with Crippen LogP contribution in [-0.4, -0.2) is 40.5 Å². The van der Waals surface area contributed by atoms with E-state index in [1.165, 1.54) is 5.56 Å². The summed E-state index contributed by atoms with van der Waals surface area (Å²) < 4.78 is 0. The van der Waals surface area contributed by atoms with Crippen LogP contribution in [0.1, 0.15) is 53.1 Å². The predicted molar refractivity (Wildman–Crippen MR) is 112 cm³/mol. The highest BCUT2D eigenvalue weighted by Crippen LogP contribution is 2.43. The lowest BCUT2D eigenvalue weighted by Gasteiger charge is -2.40. The molecule has 29 heavy (non-hydrogen) atoms. The molecule has 2 saturated heterocycles. The Balaban J connectivity index is 1.45. The molecule has 2 heterocycles. The van der Waals surface area contributed by atoms with Gasteiger partial charge in [-0.25, -0.2) is 0 Å². The zero-order valence-corrected chi connectivity index (χ0v) is 16.5. The number of hydrogen-bond acceptors (Lipinski definition) is 3. The van der Waals surface area contributed by atoms with E-state index in [1.54, 1.807) is 6.07 Å². The SMILES string of the molecule is NC(=O)c1cccc(C2CC3CCC(C2)N3CC(Cc2ccccc2)C(=O)O)c1. The molecule has 2 aromatic rings. The van der Waals surface area contributed by atoms with Crippen molar-refractivity contribution in [1.82, 2.24) is 4.90 Å². The molecule has 3 N–H and O–H groups in total. The van der Waals surface area contributed by atoms with Crippen molar-refractivity contribution in [3.63, 3.8) is 0 Å². The highest BCUT2D eigenvalue weighted by Gasteiger charge is 2.42. The van der Waals surface area contributed by atoms with Crippen LogP contribution in [0.15, 0.2) is 54.6 Å². The van der Waals surface area contributed by atoms with Crippen molar-refractivity contribution in [3.8, 4) is 0 Å². The number of benzene rings is 2. The largest absolute Gasteiger partial charge is 0.481 e. The van der Waals surface area contributed by atoms with Gasteiger partial charge < -0.3 is 10.8 Å². The van der Waals surface area contributed by atoms with Crippen molar-refractivity contribution in [2.24, 2.45) is 11.7 Å². The number of fused-ring (bicyclic) bond motifs is 2. The maximum Gasteiger partial charge on any atom is 0.308 e. The van der Waals surface area contributed by atoms with Gasteiger partial charge in [0.25, 0.3) is 0 Å². The first-order chi connectivity index (χ1) is 14.0. The minimum atomic E-state index is -0.718. The van der Waals surface area contributed by atoms with Gasteiger partial charge >= 0.3 is 5.97 Å². The van der Waals surface area contributed by atoms with Gasteiger partial charge in [0.1, 0.15) is 0 Å². The third kappa shape index (κ3) is 4.35. The lowest BCUT2D eigenvalue weighted by Crippen LogP contribution is -2.46. The molecule has 2 bridgehead atoms. The van der Waals surface area contributed by atoms with Crippen molar-refractivity contribution in [1.29, 1.82) is 0 Å². The van der Waals surface area contributed by atoms with Crippen LogP contribution in [0.5, 0.6) is 0 Å². The van der Waals surface area contributed by atoms with Gasteiger partial charge in [-0.1, -0.05) is 42.5 Å². The smallest absolute Gasteiger partial charge is 0.308 e. The Bertz CT molecular complexity index is 869. The Hall–Kier alpha value is -2.66. The second-order valence-corrected chi connectivity index (χ2v) is 8.46. The number of primary amides is 1. The van der Waals surface area contributed by atoms with E-state index in [0.717, 1.165) is 31.2 Å². The molecule has 0 saturated carbocycles. The molecule has 3 atom stereocenters. The highest BCUT2D eigenvalue weighted by molar-refractivity contribution is 5.92. The Morgan fingerprint density at radius 1 is 1.03 bits per heavy atom. The molecule has 3 unspecified atom stereocenters. The number of piperidine rings is 1. The Labute approximate surface area is 171 Å². The molecule has 5 heteroatoms. The van der Waals surface area contributed by atoms with Crippen molar-refractivity contribution < 1.29 is 14.7 Å². The summed E-state index contributed by atoms with van der Waals surface area (Å²) in [6.45, 7) is 0.605. The van der Waals surface area contributed by atoms with Crippen LogP contribution in [0.3, 0.4) is 0 Å². The van der Waals surface area contributed by atoms with Crippen LogP contribution < -0.4 is 5.73 Å². The summed E-state index contributed by atoms with van der Waals surface area (Å²) in [5.74, 6) is -1.10. The molecule has 2 aliphatic heterocycles. The summed E-state index contributed by atoms with van der Waals surface area (Å²) in [5.41, 5.74) is 8.26. The summed E-state index contributed by atoms with van der Waals surface area (Å²) in [5, 5.41) is 9.80. The summed E-state index contributed by atoms with van der Waals surface area (Å²) in [7, 11) is 0. The highest BCUT2D eigenvalue weighted by atomic mass is 16.4. The quantitative estimate of drug-likeness (QED) is 0.756. The second kappa shape index (κ2) is 8.37. The number of hydrogen-bond donors (Lipinski definition) is 2. The molecule has 0 spiro atoms. The van der Waals surface area contributed by atoms with Gasteiger partial charge in [-0.2, -0.15) is 0 Å². The average Bonchev–Trinajstić information content (AvgIpc) is 2.95. The molecular weight excluding hydrogens is 364 g/mol. The van der Waals surface area contributed by atoms with Crippen LogP contribution in [0.25, 0.3) is 0 Å². The van der Waals surface area contributed by atoms with Gasteiger partial charge in [-0.3, -0.25) is 14.5 Å². The molecule has 2 aliphatic rings. The Kier molecular flexibility index (Phi) is 5.67. The van der Waals surface area contributed by atoms with Gasteiger partial charge in [-0.15, -0.1) is 0 Å². The molecule has 152 valence electrons. The van der Waals surface area contributed by atoms with E-state index in [9.17, 15) is 14.7 Å². The molecule has 2 fully saturated rings. The van der Waals surface area contributed by atoms with Gasteiger partial charge in [0.15, 0.2) is 0 Å². The molecule has 0 aliphatic carbocycles. The van der Waals surface area contributed by atoms with Crippen LogP contribution in [0, 0.1) is 5.92 Å². The van der Waals surface area contributed by atoms with Crippen molar-refractivity contribution in [3.05, 3.63) is 71.3 Å². The first-order valence-corrected chi connectivity index (χ1v) is 10.4. The maximum absolute atomic E-state index is 11.9. The summed E-state index contributed by atoms with van der Waals surface area (Å²) in [4.78, 5) is 25.9. The van der Waals surface area contributed by atoms with E-state index in [1.807, 2.05) is 42.5 Å². The number of nitrogens with two attached hydrogens (primary N) is 1. The van der Waals surface area contributed by atoms with Crippen molar-refractivity contribution in [2.75, 3.05) is 6.54 Å². The number of carbonyl (C=O) groups is 2. The lowest BCUT2D eigenvalue weighted by molar-refractivity contribution is -0.142. The molecule has 0 aromatic heterocycles. The number of carboxylic acid groups (broad SMARTS) is 1. The Morgan fingerprint density at radius 2 is 1.72 bits per heavy atom. The van der Waals surface area contributed by atoms with Crippen LogP contribution in [0.4, 0.5) is 0 Å². The fraction of sp³-hybridized carbons (Fsp3) is 0.417. The monoisotopic (exact) mass is 392 g/mol. The fourth-order valence-corrected chi connectivity index (χ4v) is 5.17. The van der Waals surface area contributed by atoms with Crippen LogP contribution in [-0.2, 0) is 11.2 Å². The topological polar surface area (TPSA) is 83.6 Å². The number of rotatable bonds is 7. The zero-order chi connectivity index (χ0) is 20.4. The number of carbonyl (C=O) groups excluding carboxylic acids is 1. The molecular formula is C24H28N2O3. The molecule has 0 radical (unpaired) electrons. The first-order valence-electron chi connectivity index (χ1n) is 10.4. The molecule has 5 nitrogen and oxygen atoms in total. The van der Waals surface area contributed by atoms with Crippen LogP contribution in [0.2, 0.25) is 0 Å². The number of aliphatic carboxylic acids is 1. The van der Waals surface area contributed by atoms with E-state index in [-0.39, 0.29) is 0 Å². The van der Waals surface area contributed by atoms with Gasteiger partial charge in [0.2, 0.25) is 5.91 Å². The van der Waals surface area contributed by atoms with Crippen molar-refractivity contribution >= 4 is 11.9 Å². The molecule has 1 amide bonds. The maximum atomic E-state index is 11.9. The summed E-state index contributed by atoms with van der Waals surface area (Å²) in [6, 6.07) is 18.4. The predicted octanol–water partition coefficient (Wildman–Crippen LogP) is 3.44. The summed E-state index contributed by atoms with van der Waals surface area (Å²) >= 11 is 0. The third-order valence-corrected chi connectivity index (χ3v) is 6.63. The van der Waals surface area contributed by atoms with Gasteiger partial charge in [0.05, 0.1) is 5.92 Å². The molecule has 2 aromatic carbocycles. The van der Waals surface area contributed by atoms with E-state index in [4.69, 9.17) is 5.73 Å². The lowest BCUT2D eigenvalue weighted by atomic mass is 9.83. The van der Waals surface area contributed by atoms with Gasteiger partial charge in [0, 0.05) is 24.2 Å². The molecule has 4 rings (SSSR count). The number of carboxylic acids is 1. The second-order valence-electron chi connectivity index (χ2n) is 8.46. The van der Waals surface area contributed by atoms with Crippen molar-refractivity contribution in [2.45, 2.75) is 50.1 Å².